The third-order valence-electron chi connectivity index (χ3n) is 5.02. The Morgan fingerprint density at radius 3 is 2.43 bits per heavy atom. The highest BCUT2D eigenvalue weighted by Crippen LogP contribution is 2.37. The molecule has 28 heavy (non-hydrogen) atoms. The van der Waals surface area contributed by atoms with Crippen molar-refractivity contribution in [2.24, 2.45) is 0 Å². The summed E-state index contributed by atoms with van der Waals surface area (Å²) in [5.74, 6) is -1.92. The molecule has 0 saturated heterocycles. The van der Waals surface area contributed by atoms with Gasteiger partial charge in [0.25, 0.3) is 5.91 Å². The summed E-state index contributed by atoms with van der Waals surface area (Å²) in [5, 5.41) is 20.9. The van der Waals surface area contributed by atoms with Crippen molar-refractivity contribution < 1.29 is 19.8 Å². The predicted molar refractivity (Wildman–Crippen MR) is 109 cm³/mol. The number of hydrogen-bond acceptors (Lipinski definition) is 3. The molecule has 0 unspecified atom stereocenters. The number of unbranched alkanes of at least 4 members (excludes halogenated alkanes) is 1. The highest BCUT2D eigenvalue weighted by atomic mass is 35.5. The summed E-state index contributed by atoms with van der Waals surface area (Å²) in [6.07, 6.45) is 2.10. The number of benzene rings is 2. The van der Waals surface area contributed by atoms with Crippen LogP contribution in [0.1, 0.15) is 53.7 Å². The van der Waals surface area contributed by atoms with E-state index in [0.717, 1.165) is 12.8 Å². The maximum atomic E-state index is 13.2. The number of halogens is 1. The first kappa shape index (κ1) is 20.0. The lowest BCUT2D eigenvalue weighted by Gasteiger charge is -2.13. The fourth-order valence-electron chi connectivity index (χ4n) is 3.65. The number of rotatable bonds is 6. The molecule has 0 aliphatic heterocycles. The van der Waals surface area contributed by atoms with Gasteiger partial charge < -0.3 is 10.2 Å². The molecule has 0 radical (unpaired) electrons. The number of aromatic hydroxyl groups is 1. The van der Waals surface area contributed by atoms with Gasteiger partial charge in [0.1, 0.15) is 5.75 Å². The quantitative estimate of drug-likeness (QED) is 0.585. The van der Waals surface area contributed by atoms with E-state index in [4.69, 9.17) is 11.6 Å². The number of carbonyl (C=O) groups excluding carboxylic acids is 1. The van der Waals surface area contributed by atoms with Gasteiger partial charge in [-0.05, 0) is 61.4 Å². The molecule has 0 aliphatic carbocycles. The van der Waals surface area contributed by atoms with Gasteiger partial charge in [0.15, 0.2) is 0 Å². The van der Waals surface area contributed by atoms with Crippen molar-refractivity contribution in [3.05, 3.63) is 64.3 Å². The van der Waals surface area contributed by atoms with E-state index in [1.807, 2.05) is 6.92 Å². The first-order chi connectivity index (χ1) is 13.3. The van der Waals surface area contributed by atoms with E-state index in [9.17, 15) is 19.8 Å². The van der Waals surface area contributed by atoms with E-state index in [-0.39, 0.29) is 11.7 Å². The van der Waals surface area contributed by atoms with Crippen LogP contribution in [0.15, 0.2) is 42.5 Å². The van der Waals surface area contributed by atoms with Crippen LogP contribution in [0, 0.1) is 6.92 Å². The van der Waals surface area contributed by atoms with E-state index in [1.54, 1.807) is 37.3 Å². The molecule has 5 nitrogen and oxygen atoms in total. The first-order valence-corrected chi connectivity index (χ1v) is 9.60. The average Bonchev–Trinajstić information content (AvgIpc) is 2.93. The van der Waals surface area contributed by atoms with Crippen molar-refractivity contribution in [3.8, 4) is 5.75 Å². The molecule has 0 aliphatic rings. The van der Waals surface area contributed by atoms with Gasteiger partial charge in [-0.1, -0.05) is 31.4 Å². The van der Waals surface area contributed by atoms with Gasteiger partial charge in [-0.2, -0.15) is 0 Å². The van der Waals surface area contributed by atoms with E-state index < -0.39 is 11.9 Å². The van der Waals surface area contributed by atoms with E-state index >= 15 is 0 Å². The molecule has 1 atom stereocenters. The molecule has 146 valence electrons. The smallest absolute Gasteiger partial charge is 0.311 e. The zero-order valence-electron chi connectivity index (χ0n) is 15.8. The maximum Gasteiger partial charge on any atom is 0.311 e. The van der Waals surface area contributed by atoms with E-state index in [2.05, 4.69) is 0 Å². The first-order valence-electron chi connectivity index (χ1n) is 9.22. The van der Waals surface area contributed by atoms with Crippen molar-refractivity contribution >= 4 is 34.4 Å². The van der Waals surface area contributed by atoms with Crippen molar-refractivity contribution in [2.45, 2.75) is 39.0 Å². The summed E-state index contributed by atoms with van der Waals surface area (Å²) >= 11 is 5.92. The fraction of sp³-hybridized carbons (Fsp3) is 0.273. The van der Waals surface area contributed by atoms with Crippen molar-refractivity contribution in [2.75, 3.05) is 0 Å². The van der Waals surface area contributed by atoms with Crippen LogP contribution in [0.25, 0.3) is 10.9 Å². The Labute approximate surface area is 168 Å². The SMILES string of the molecule is CCCC[C@H](C(=O)O)c1c(C)n(C(=O)c2ccc(Cl)cc2)c2ccc(O)cc12. The van der Waals surface area contributed by atoms with E-state index in [1.165, 1.54) is 16.7 Å². The summed E-state index contributed by atoms with van der Waals surface area (Å²) in [4.78, 5) is 25.2. The van der Waals surface area contributed by atoms with Crippen molar-refractivity contribution in [3.63, 3.8) is 0 Å². The van der Waals surface area contributed by atoms with Crippen LogP contribution in [0.2, 0.25) is 5.02 Å². The van der Waals surface area contributed by atoms with Crippen molar-refractivity contribution in [1.82, 2.24) is 4.57 Å². The summed E-state index contributed by atoms with van der Waals surface area (Å²) in [5.41, 5.74) is 2.18. The largest absolute Gasteiger partial charge is 0.508 e. The molecular formula is C22H22ClNO4. The minimum Gasteiger partial charge on any atom is -0.508 e. The number of carbonyl (C=O) groups is 2. The second-order valence-corrected chi connectivity index (χ2v) is 7.32. The number of carboxylic acids is 1. The minimum atomic E-state index is -0.933. The number of hydrogen-bond donors (Lipinski definition) is 2. The maximum absolute atomic E-state index is 13.2. The number of carboxylic acid groups (broad SMARTS) is 1. The van der Waals surface area contributed by atoms with Crippen LogP contribution in [0.5, 0.6) is 5.75 Å². The molecule has 3 aromatic rings. The molecule has 6 heteroatoms. The molecule has 2 N–H and O–H groups in total. The lowest BCUT2D eigenvalue weighted by Crippen LogP contribution is -2.16. The molecule has 0 amide bonds. The van der Waals surface area contributed by atoms with Crippen molar-refractivity contribution in [1.29, 1.82) is 0 Å². The Morgan fingerprint density at radius 1 is 1.14 bits per heavy atom. The van der Waals surface area contributed by atoms with Gasteiger partial charge >= 0.3 is 5.97 Å². The Bertz CT molecular complexity index is 1040. The summed E-state index contributed by atoms with van der Waals surface area (Å²) in [7, 11) is 0. The molecule has 2 aromatic carbocycles. The Kier molecular flexibility index (Phi) is 5.75. The van der Waals surface area contributed by atoms with E-state index in [0.29, 0.717) is 39.2 Å². The second-order valence-electron chi connectivity index (χ2n) is 6.88. The third kappa shape index (κ3) is 3.62. The van der Waals surface area contributed by atoms with Crippen LogP contribution in [-0.4, -0.2) is 26.7 Å². The number of phenols is 1. The minimum absolute atomic E-state index is 0.0319. The molecular weight excluding hydrogens is 378 g/mol. The number of aromatic nitrogens is 1. The molecule has 0 fully saturated rings. The number of phenolic OH excluding ortho intramolecular Hbond substituents is 1. The summed E-state index contributed by atoms with van der Waals surface area (Å²) in [6.45, 7) is 3.76. The van der Waals surface area contributed by atoms with Crippen LogP contribution >= 0.6 is 11.6 Å². The average molecular weight is 400 g/mol. The predicted octanol–water partition coefficient (Wildman–Crippen LogP) is 5.36. The van der Waals surface area contributed by atoms with Gasteiger partial charge in [0, 0.05) is 21.7 Å². The fourth-order valence-corrected chi connectivity index (χ4v) is 3.78. The Balaban J connectivity index is 2.24. The van der Waals surface area contributed by atoms with Crippen LogP contribution in [0.4, 0.5) is 0 Å². The second kappa shape index (κ2) is 8.07. The summed E-state index contributed by atoms with van der Waals surface area (Å²) < 4.78 is 1.52. The zero-order valence-corrected chi connectivity index (χ0v) is 16.5. The molecule has 1 heterocycles. The standard InChI is InChI=1S/C22H22ClNO4/c1-3-4-5-17(22(27)28)20-13(2)24(19-11-10-16(25)12-18(19)20)21(26)14-6-8-15(23)9-7-14/h6-12,17,25H,3-5H2,1-2H3,(H,27,28)/t17-/m0/s1. The molecule has 1 aromatic heterocycles. The Morgan fingerprint density at radius 2 is 1.82 bits per heavy atom. The zero-order chi connectivity index (χ0) is 20.4. The number of nitrogens with zero attached hydrogens (tertiary/aromatic N) is 1. The topological polar surface area (TPSA) is 79.5 Å². The molecule has 0 saturated carbocycles. The number of fused-ring (bicyclic) bond motifs is 1. The molecule has 0 bridgehead atoms. The lowest BCUT2D eigenvalue weighted by atomic mass is 9.91. The third-order valence-corrected chi connectivity index (χ3v) is 5.28. The number of aliphatic carboxylic acids is 1. The highest BCUT2D eigenvalue weighted by molar-refractivity contribution is 6.30. The van der Waals surface area contributed by atoms with Gasteiger partial charge in [-0.15, -0.1) is 0 Å². The lowest BCUT2D eigenvalue weighted by molar-refractivity contribution is -0.139. The van der Waals surface area contributed by atoms with Gasteiger partial charge in [-0.3, -0.25) is 14.2 Å². The summed E-state index contributed by atoms with van der Waals surface area (Å²) in [6, 6.07) is 11.2. The highest BCUT2D eigenvalue weighted by Gasteiger charge is 2.29. The van der Waals surface area contributed by atoms with Gasteiger partial charge in [0.05, 0.1) is 11.4 Å². The molecule has 0 spiro atoms. The van der Waals surface area contributed by atoms with Crippen LogP contribution in [-0.2, 0) is 4.79 Å². The normalized spacial score (nSPS) is 12.2. The Hall–Kier alpha value is -2.79. The van der Waals surface area contributed by atoms with Crippen LogP contribution < -0.4 is 0 Å². The van der Waals surface area contributed by atoms with Crippen LogP contribution in [0.3, 0.4) is 0 Å². The van der Waals surface area contributed by atoms with Gasteiger partial charge in [0.2, 0.25) is 0 Å². The molecule has 3 rings (SSSR count). The monoisotopic (exact) mass is 399 g/mol. The van der Waals surface area contributed by atoms with Gasteiger partial charge in [-0.25, -0.2) is 0 Å².